The van der Waals surface area contributed by atoms with Crippen LogP contribution in [0.5, 0.6) is 17.2 Å². The lowest BCUT2D eigenvalue weighted by atomic mass is 10.1. The van der Waals surface area contributed by atoms with Crippen LogP contribution in [0.4, 0.5) is 0 Å². The van der Waals surface area contributed by atoms with E-state index in [2.05, 4.69) is 4.98 Å². The number of carbonyl (C=O) groups is 1. The number of furan rings is 1. The second kappa shape index (κ2) is 8.67. The van der Waals surface area contributed by atoms with E-state index in [0.29, 0.717) is 40.4 Å². The second-order valence-electron chi connectivity index (χ2n) is 7.55. The van der Waals surface area contributed by atoms with Gasteiger partial charge in [0.2, 0.25) is 0 Å². The fourth-order valence-electron chi connectivity index (χ4n) is 3.77. The Hall–Kier alpha value is -4.32. The highest BCUT2D eigenvalue weighted by Gasteiger charge is 2.19. The molecule has 164 valence electrons. The summed E-state index contributed by atoms with van der Waals surface area (Å²) in [6.07, 6.45) is 1.70. The zero-order chi connectivity index (χ0) is 22.8. The number of hydrogen-bond donors (Lipinski definition) is 0. The first-order chi connectivity index (χ1) is 16.1. The first kappa shape index (κ1) is 20.6. The van der Waals surface area contributed by atoms with Crippen molar-refractivity contribution in [3.8, 4) is 17.2 Å². The van der Waals surface area contributed by atoms with Gasteiger partial charge in [0.05, 0.1) is 12.6 Å². The molecule has 0 saturated heterocycles. The van der Waals surface area contributed by atoms with E-state index in [0.717, 1.165) is 22.2 Å². The number of carbonyl (C=O) groups excluding carboxylic acids is 1. The Kier molecular flexibility index (Phi) is 5.40. The molecule has 2 aromatic heterocycles. The van der Waals surface area contributed by atoms with Crippen LogP contribution < -0.4 is 9.47 Å². The van der Waals surface area contributed by atoms with Gasteiger partial charge in [0.15, 0.2) is 0 Å². The van der Waals surface area contributed by atoms with Crippen molar-refractivity contribution < 1.29 is 23.4 Å². The lowest BCUT2D eigenvalue weighted by molar-refractivity contribution is 0.0600. The maximum atomic E-state index is 12.1. The van der Waals surface area contributed by atoms with Crippen molar-refractivity contribution in [3.05, 3.63) is 95.9 Å². The summed E-state index contributed by atoms with van der Waals surface area (Å²) in [5.74, 6) is 2.06. The van der Waals surface area contributed by atoms with Crippen molar-refractivity contribution in [1.82, 2.24) is 4.98 Å². The number of aromatic nitrogens is 1. The van der Waals surface area contributed by atoms with E-state index < -0.39 is 5.97 Å². The summed E-state index contributed by atoms with van der Waals surface area (Å²) in [5, 5.41) is 1.54. The van der Waals surface area contributed by atoms with Gasteiger partial charge in [0.25, 0.3) is 0 Å². The molecule has 0 spiro atoms. The molecule has 6 nitrogen and oxygen atoms in total. The molecule has 0 N–H and O–H groups in total. The van der Waals surface area contributed by atoms with Crippen molar-refractivity contribution in [2.24, 2.45) is 0 Å². The highest BCUT2D eigenvalue weighted by Crippen LogP contribution is 2.34. The maximum absolute atomic E-state index is 12.1. The Morgan fingerprint density at radius 3 is 2.55 bits per heavy atom. The van der Waals surface area contributed by atoms with Gasteiger partial charge >= 0.3 is 5.97 Å². The number of benzene rings is 3. The van der Waals surface area contributed by atoms with Crippen molar-refractivity contribution in [1.29, 1.82) is 0 Å². The van der Waals surface area contributed by atoms with Crippen LogP contribution in [0.1, 0.15) is 21.7 Å². The third kappa shape index (κ3) is 4.11. The molecule has 2 heterocycles. The smallest absolute Gasteiger partial charge is 0.342 e. The molecule has 0 radical (unpaired) electrons. The van der Waals surface area contributed by atoms with E-state index >= 15 is 0 Å². The lowest BCUT2D eigenvalue weighted by Crippen LogP contribution is -2.01. The Balaban J connectivity index is 1.40. The topological polar surface area (TPSA) is 70.8 Å². The predicted octanol–water partition coefficient (Wildman–Crippen LogP) is 6.45. The van der Waals surface area contributed by atoms with Crippen LogP contribution >= 0.6 is 0 Å². The van der Waals surface area contributed by atoms with Crippen LogP contribution in [-0.4, -0.2) is 18.1 Å². The fourth-order valence-corrected chi connectivity index (χ4v) is 3.77. The van der Waals surface area contributed by atoms with Crippen LogP contribution in [0.15, 0.2) is 83.4 Å². The van der Waals surface area contributed by atoms with Crippen molar-refractivity contribution >= 4 is 27.8 Å². The molecule has 0 aliphatic heterocycles. The number of fused-ring (bicyclic) bond motifs is 2. The van der Waals surface area contributed by atoms with Gasteiger partial charge < -0.3 is 18.6 Å². The fraction of sp³-hybridized carbons (Fsp3) is 0.111. The molecule has 3 aromatic carbocycles. The van der Waals surface area contributed by atoms with Crippen molar-refractivity contribution in [2.75, 3.05) is 7.11 Å². The molecule has 0 saturated carbocycles. The largest absolute Gasteiger partial charge is 0.489 e. The first-order valence-corrected chi connectivity index (χ1v) is 10.5. The molecular formula is C27H21NO5. The average molecular weight is 439 g/mol. The number of rotatable bonds is 6. The first-order valence-electron chi connectivity index (χ1n) is 10.5. The number of aryl methyl sites for hydroxylation is 1. The van der Waals surface area contributed by atoms with Gasteiger partial charge in [-0.25, -0.2) is 4.79 Å². The normalized spacial score (nSPS) is 11.0. The molecule has 0 aliphatic carbocycles. The van der Waals surface area contributed by atoms with E-state index in [-0.39, 0.29) is 0 Å². The second-order valence-corrected chi connectivity index (χ2v) is 7.55. The number of methoxy groups -OCH3 is 1. The van der Waals surface area contributed by atoms with Gasteiger partial charge in [0.1, 0.15) is 40.8 Å². The third-order valence-corrected chi connectivity index (χ3v) is 5.38. The third-order valence-electron chi connectivity index (χ3n) is 5.38. The predicted molar refractivity (Wildman–Crippen MR) is 125 cm³/mol. The summed E-state index contributed by atoms with van der Waals surface area (Å²) >= 11 is 0. The molecule has 0 aliphatic rings. The quantitative estimate of drug-likeness (QED) is 0.283. The van der Waals surface area contributed by atoms with E-state index in [1.165, 1.54) is 7.11 Å². The molecule has 0 atom stereocenters. The Morgan fingerprint density at radius 2 is 1.73 bits per heavy atom. The Morgan fingerprint density at radius 1 is 0.939 bits per heavy atom. The van der Waals surface area contributed by atoms with Gasteiger partial charge in [0, 0.05) is 29.1 Å². The standard InChI is InChI=1S/C27H21NO5/c1-17-26(27(29)30-2)22-11-9-20(15-25(22)32-17)33-24-12-13-28-23-14-19(8-10-21(23)24)31-16-18-6-4-3-5-7-18/h3-15H,16H2,1-2H3. The summed E-state index contributed by atoms with van der Waals surface area (Å²) in [6.45, 7) is 2.22. The number of esters is 1. The zero-order valence-electron chi connectivity index (χ0n) is 18.2. The molecular weight excluding hydrogens is 418 g/mol. The van der Waals surface area contributed by atoms with Crippen LogP contribution in [-0.2, 0) is 11.3 Å². The summed E-state index contributed by atoms with van der Waals surface area (Å²) in [6, 6.07) is 22.9. The molecule has 0 amide bonds. The number of hydrogen-bond acceptors (Lipinski definition) is 6. The van der Waals surface area contributed by atoms with Gasteiger partial charge in [-0.1, -0.05) is 30.3 Å². The average Bonchev–Trinajstić information content (AvgIpc) is 3.18. The summed E-state index contributed by atoms with van der Waals surface area (Å²) in [5.41, 5.74) is 2.85. The lowest BCUT2D eigenvalue weighted by Gasteiger charge is -2.11. The molecule has 0 bridgehead atoms. The van der Waals surface area contributed by atoms with Crippen LogP contribution in [0, 0.1) is 6.92 Å². The molecule has 5 aromatic rings. The SMILES string of the molecule is COC(=O)c1c(C)oc2cc(Oc3ccnc4cc(OCc5ccccc5)ccc34)ccc12. The van der Waals surface area contributed by atoms with Crippen molar-refractivity contribution in [3.63, 3.8) is 0 Å². The van der Waals surface area contributed by atoms with Crippen LogP contribution in [0.3, 0.4) is 0 Å². The highest BCUT2D eigenvalue weighted by molar-refractivity contribution is 6.04. The van der Waals surface area contributed by atoms with E-state index in [1.807, 2.05) is 54.6 Å². The molecule has 5 rings (SSSR count). The highest BCUT2D eigenvalue weighted by atomic mass is 16.5. The zero-order valence-corrected chi connectivity index (χ0v) is 18.2. The van der Waals surface area contributed by atoms with Gasteiger partial charge in [-0.2, -0.15) is 0 Å². The Labute approximate surface area is 190 Å². The van der Waals surface area contributed by atoms with Crippen LogP contribution in [0.2, 0.25) is 0 Å². The minimum Gasteiger partial charge on any atom is -0.489 e. The Bertz CT molecular complexity index is 1460. The molecule has 0 fully saturated rings. The van der Waals surface area contributed by atoms with Crippen molar-refractivity contribution in [2.45, 2.75) is 13.5 Å². The summed E-state index contributed by atoms with van der Waals surface area (Å²) in [7, 11) is 1.35. The molecule has 0 unspecified atom stereocenters. The van der Waals surface area contributed by atoms with Gasteiger partial charge in [-0.15, -0.1) is 0 Å². The number of nitrogens with zero attached hydrogens (tertiary/aromatic N) is 1. The minimum absolute atomic E-state index is 0.426. The molecule has 6 heteroatoms. The monoisotopic (exact) mass is 439 g/mol. The van der Waals surface area contributed by atoms with E-state index in [9.17, 15) is 4.79 Å². The number of pyridine rings is 1. The summed E-state index contributed by atoms with van der Waals surface area (Å²) < 4.78 is 22.7. The van der Waals surface area contributed by atoms with Crippen LogP contribution in [0.25, 0.3) is 21.9 Å². The number of ether oxygens (including phenoxy) is 3. The van der Waals surface area contributed by atoms with Gasteiger partial charge in [-0.05, 0) is 42.8 Å². The minimum atomic E-state index is -0.426. The molecule has 33 heavy (non-hydrogen) atoms. The van der Waals surface area contributed by atoms with Gasteiger partial charge in [-0.3, -0.25) is 4.98 Å². The maximum Gasteiger partial charge on any atom is 0.342 e. The van der Waals surface area contributed by atoms with E-state index in [1.54, 1.807) is 31.3 Å². The van der Waals surface area contributed by atoms with E-state index in [4.69, 9.17) is 18.6 Å². The summed E-state index contributed by atoms with van der Waals surface area (Å²) in [4.78, 5) is 16.5.